The molecule has 1 heterocycles. The lowest BCUT2D eigenvalue weighted by Gasteiger charge is -2.37. The van der Waals surface area contributed by atoms with Crippen LogP contribution >= 0.6 is 11.8 Å². The number of ether oxygens (including phenoxy) is 2. The van der Waals surface area contributed by atoms with Crippen molar-refractivity contribution in [1.29, 1.82) is 0 Å². The van der Waals surface area contributed by atoms with Gasteiger partial charge in [-0.05, 0) is 20.8 Å². The Kier molecular flexibility index (Phi) is 3.61. The molecule has 1 unspecified atom stereocenters. The highest BCUT2D eigenvalue weighted by Gasteiger charge is 2.37. The smallest absolute Gasteiger partial charge is 0.334 e. The van der Waals surface area contributed by atoms with Crippen LogP contribution in [-0.4, -0.2) is 29.4 Å². The highest BCUT2D eigenvalue weighted by molar-refractivity contribution is 7.99. The molecule has 1 aliphatic rings. The predicted octanol–water partition coefficient (Wildman–Crippen LogP) is 1.97. The van der Waals surface area contributed by atoms with Gasteiger partial charge in [-0.1, -0.05) is 6.58 Å². The Bertz CT molecular complexity index is 248. The SMILES string of the molecule is C=C(C)C(=O)OC1SCCOC1(C)C. The van der Waals surface area contributed by atoms with Gasteiger partial charge in [0.15, 0.2) is 5.44 Å². The van der Waals surface area contributed by atoms with E-state index in [9.17, 15) is 4.79 Å². The van der Waals surface area contributed by atoms with Gasteiger partial charge in [0, 0.05) is 11.3 Å². The molecule has 0 aliphatic carbocycles. The van der Waals surface area contributed by atoms with Crippen molar-refractivity contribution < 1.29 is 14.3 Å². The Morgan fingerprint density at radius 2 is 2.29 bits per heavy atom. The maximum Gasteiger partial charge on any atom is 0.334 e. The number of carbonyl (C=O) groups is 1. The van der Waals surface area contributed by atoms with Crippen molar-refractivity contribution in [2.45, 2.75) is 31.8 Å². The lowest BCUT2D eigenvalue weighted by molar-refractivity contribution is -0.153. The van der Waals surface area contributed by atoms with Crippen molar-refractivity contribution in [3.8, 4) is 0 Å². The zero-order chi connectivity index (χ0) is 10.8. The molecule has 4 heteroatoms. The summed E-state index contributed by atoms with van der Waals surface area (Å²) in [5.74, 6) is 0.512. The second-order valence-electron chi connectivity index (χ2n) is 3.84. The molecule has 0 spiro atoms. The summed E-state index contributed by atoms with van der Waals surface area (Å²) in [4.78, 5) is 11.3. The topological polar surface area (TPSA) is 35.5 Å². The van der Waals surface area contributed by atoms with E-state index >= 15 is 0 Å². The Balaban J connectivity index is 2.58. The van der Waals surface area contributed by atoms with E-state index in [0.29, 0.717) is 12.2 Å². The van der Waals surface area contributed by atoms with Crippen LogP contribution in [0.3, 0.4) is 0 Å². The van der Waals surface area contributed by atoms with Gasteiger partial charge in [-0.15, -0.1) is 11.8 Å². The van der Waals surface area contributed by atoms with Crippen molar-refractivity contribution >= 4 is 17.7 Å². The third-order valence-electron chi connectivity index (χ3n) is 1.96. The van der Waals surface area contributed by atoms with Crippen LogP contribution in [0.1, 0.15) is 20.8 Å². The molecule has 80 valence electrons. The van der Waals surface area contributed by atoms with Crippen LogP contribution in [0.15, 0.2) is 12.2 Å². The highest BCUT2D eigenvalue weighted by Crippen LogP contribution is 2.32. The number of rotatable bonds is 2. The first-order valence-electron chi connectivity index (χ1n) is 4.55. The fourth-order valence-corrected chi connectivity index (χ4v) is 2.12. The maximum atomic E-state index is 11.3. The lowest BCUT2D eigenvalue weighted by atomic mass is 10.1. The van der Waals surface area contributed by atoms with Crippen molar-refractivity contribution in [3.05, 3.63) is 12.2 Å². The van der Waals surface area contributed by atoms with E-state index in [2.05, 4.69) is 6.58 Å². The molecule has 0 aromatic carbocycles. The van der Waals surface area contributed by atoms with Gasteiger partial charge in [0.1, 0.15) is 5.60 Å². The van der Waals surface area contributed by atoms with Crippen LogP contribution in [0.2, 0.25) is 0 Å². The Labute approximate surface area is 88.8 Å². The van der Waals surface area contributed by atoms with Crippen LogP contribution in [0.4, 0.5) is 0 Å². The lowest BCUT2D eigenvalue weighted by Crippen LogP contribution is -2.44. The van der Waals surface area contributed by atoms with Crippen LogP contribution in [0.25, 0.3) is 0 Å². The summed E-state index contributed by atoms with van der Waals surface area (Å²) in [5.41, 5.74) is -0.221. The molecule has 1 fully saturated rings. The van der Waals surface area contributed by atoms with E-state index in [1.165, 1.54) is 0 Å². The molecule has 3 nitrogen and oxygen atoms in total. The van der Waals surface area contributed by atoms with E-state index < -0.39 is 5.60 Å². The maximum absolute atomic E-state index is 11.3. The normalized spacial score (nSPS) is 25.5. The van der Waals surface area contributed by atoms with Crippen LogP contribution in [0, 0.1) is 0 Å². The Hall–Kier alpha value is -0.480. The second kappa shape index (κ2) is 4.36. The number of hydrogen-bond acceptors (Lipinski definition) is 4. The van der Waals surface area contributed by atoms with Gasteiger partial charge in [0.2, 0.25) is 0 Å². The Morgan fingerprint density at radius 3 is 2.79 bits per heavy atom. The van der Waals surface area contributed by atoms with Crippen molar-refractivity contribution in [2.24, 2.45) is 0 Å². The molecule has 0 saturated carbocycles. The molecule has 0 radical (unpaired) electrons. The summed E-state index contributed by atoms with van der Waals surface area (Å²) >= 11 is 1.61. The van der Waals surface area contributed by atoms with Gasteiger partial charge in [-0.25, -0.2) is 4.79 Å². The second-order valence-corrected chi connectivity index (χ2v) is 5.01. The van der Waals surface area contributed by atoms with Gasteiger partial charge < -0.3 is 9.47 Å². The standard InChI is InChI=1S/C10H16O3S/c1-7(2)8(11)13-9-10(3,4)12-5-6-14-9/h9H,1,5-6H2,2-4H3. The molecule has 14 heavy (non-hydrogen) atoms. The minimum Gasteiger partial charge on any atom is -0.445 e. The van der Waals surface area contributed by atoms with Gasteiger partial charge >= 0.3 is 5.97 Å². The monoisotopic (exact) mass is 216 g/mol. The summed E-state index contributed by atoms with van der Waals surface area (Å²) in [6.07, 6.45) is 0. The van der Waals surface area contributed by atoms with Crippen molar-refractivity contribution in [2.75, 3.05) is 12.4 Å². The van der Waals surface area contributed by atoms with Crippen LogP contribution < -0.4 is 0 Å². The Morgan fingerprint density at radius 1 is 1.64 bits per heavy atom. The molecule has 0 bridgehead atoms. The third-order valence-corrected chi connectivity index (χ3v) is 3.33. The largest absolute Gasteiger partial charge is 0.445 e. The zero-order valence-electron chi connectivity index (χ0n) is 8.83. The van der Waals surface area contributed by atoms with E-state index in [4.69, 9.17) is 9.47 Å². The van der Waals surface area contributed by atoms with Crippen LogP contribution in [-0.2, 0) is 14.3 Å². The number of thioether (sulfide) groups is 1. The summed E-state index contributed by atoms with van der Waals surface area (Å²) in [6.45, 7) is 9.75. The van der Waals surface area contributed by atoms with E-state index in [1.54, 1.807) is 18.7 Å². The molecule has 1 aliphatic heterocycles. The molecule has 0 N–H and O–H groups in total. The van der Waals surface area contributed by atoms with E-state index in [1.807, 2.05) is 13.8 Å². The molecular formula is C10H16O3S. The minimum absolute atomic E-state index is 0.236. The predicted molar refractivity (Wildman–Crippen MR) is 57.2 cm³/mol. The molecular weight excluding hydrogens is 200 g/mol. The fourth-order valence-electron chi connectivity index (χ4n) is 1.10. The minimum atomic E-state index is -0.409. The summed E-state index contributed by atoms with van der Waals surface area (Å²) in [6, 6.07) is 0. The zero-order valence-corrected chi connectivity index (χ0v) is 9.65. The fraction of sp³-hybridized carbons (Fsp3) is 0.700. The molecule has 0 amide bonds. The molecule has 0 aromatic rings. The molecule has 1 rings (SSSR count). The van der Waals surface area contributed by atoms with Crippen LogP contribution in [0.5, 0.6) is 0 Å². The quantitative estimate of drug-likeness (QED) is 0.522. The average molecular weight is 216 g/mol. The van der Waals surface area contributed by atoms with E-state index in [-0.39, 0.29) is 11.4 Å². The first-order chi connectivity index (χ1) is 6.43. The van der Waals surface area contributed by atoms with Gasteiger partial charge in [-0.3, -0.25) is 0 Å². The van der Waals surface area contributed by atoms with Crippen molar-refractivity contribution in [3.63, 3.8) is 0 Å². The van der Waals surface area contributed by atoms with Gasteiger partial charge in [0.05, 0.1) is 6.61 Å². The first kappa shape index (κ1) is 11.6. The molecule has 1 saturated heterocycles. The molecule has 1 atom stereocenters. The summed E-state index contributed by atoms with van der Waals surface area (Å²) in [5, 5.41) is 0. The first-order valence-corrected chi connectivity index (χ1v) is 5.60. The van der Waals surface area contributed by atoms with Gasteiger partial charge in [0.25, 0.3) is 0 Å². The number of carbonyl (C=O) groups excluding carboxylic acids is 1. The number of esters is 1. The van der Waals surface area contributed by atoms with E-state index in [0.717, 1.165) is 5.75 Å². The van der Waals surface area contributed by atoms with Gasteiger partial charge in [-0.2, -0.15) is 0 Å². The highest BCUT2D eigenvalue weighted by atomic mass is 32.2. The van der Waals surface area contributed by atoms with Crippen molar-refractivity contribution in [1.82, 2.24) is 0 Å². The summed E-state index contributed by atoms with van der Waals surface area (Å²) in [7, 11) is 0. The average Bonchev–Trinajstić information content (AvgIpc) is 2.08. The molecule has 0 aromatic heterocycles. The number of hydrogen-bond donors (Lipinski definition) is 0. The summed E-state index contributed by atoms with van der Waals surface area (Å²) < 4.78 is 10.8. The third kappa shape index (κ3) is 2.75.